The molecule has 0 aliphatic carbocycles. The lowest BCUT2D eigenvalue weighted by Crippen LogP contribution is -2.03. The summed E-state index contributed by atoms with van der Waals surface area (Å²) in [5, 5.41) is 9.25. The maximum atomic E-state index is 11.7. The molecule has 4 heteroatoms. The van der Waals surface area contributed by atoms with E-state index in [2.05, 4.69) is 0 Å². The Balaban J connectivity index is 2.69. The standard InChI is InChI=1S/C10H8O3S/c11-6-14-9-5-13-8-4-2-1-3-7(8)10(9)12/h1-5,11H,6H2. The van der Waals surface area contributed by atoms with E-state index in [0.29, 0.717) is 15.9 Å². The van der Waals surface area contributed by atoms with Crippen molar-refractivity contribution < 1.29 is 9.52 Å². The first kappa shape index (κ1) is 9.30. The summed E-state index contributed by atoms with van der Waals surface area (Å²) in [4.78, 5) is 12.2. The van der Waals surface area contributed by atoms with Crippen LogP contribution in [0.25, 0.3) is 11.0 Å². The minimum absolute atomic E-state index is 0.0918. The molecule has 0 fully saturated rings. The van der Waals surface area contributed by atoms with E-state index in [1.165, 1.54) is 6.26 Å². The molecule has 0 aliphatic rings. The predicted octanol–water partition coefficient (Wildman–Crippen LogP) is 1.83. The molecule has 1 aromatic heterocycles. The van der Waals surface area contributed by atoms with Crippen LogP contribution in [0, 0.1) is 0 Å². The molecule has 72 valence electrons. The van der Waals surface area contributed by atoms with Crippen LogP contribution in [0.1, 0.15) is 0 Å². The minimum atomic E-state index is -0.122. The monoisotopic (exact) mass is 208 g/mol. The predicted molar refractivity (Wildman–Crippen MR) is 55.4 cm³/mol. The van der Waals surface area contributed by atoms with Crippen molar-refractivity contribution in [1.29, 1.82) is 0 Å². The fourth-order valence-electron chi connectivity index (χ4n) is 1.23. The number of benzene rings is 1. The van der Waals surface area contributed by atoms with Crippen molar-refractivity contribution in [2.45, 2.75) is 4.90 Å². The highest BCUT2D eigenvalue weighted by molar-refractivity contribution is 7.99. The Bertz CT molecular complexity index is 504. The van der Waals surface area contributed by atoms with Crippen molar-refractivity contribution in [3.63, 3.8) is 0 Å². The molecule has 1 N–H and O–H groups in total. The lowest BCUT2D eigenvalue weighted by Gasteiger charge is -1.98. The van der Waals surface area contributed by atoms with Gasteiger partial charge in [-0.3, -0.25) is 4.79 Å². The van der Waals surface area contributed by atoms with Crippen LogP contribution < -0.4 is 5.43 Å². The van der Waals surface area contributed by atoms with Gasteiger partial charge in [0.25, 0.3) is 0 Å². The summed E-state index contributed by atoms with van der Waals surface area (Å²) in [6.45, 7) is 0. The first-order valence-corrected chi connectivity index (χ1v) is 5.05. The molecule has 0 radical (unpaired) electrons. The lowest BCUT2D eigenvalue weighted by atomic mass is 10.2. The normalized spacial score (nSPS) is 10.6. The number of hydrogen-bond donors (Lipinski definition) is 1. The maximum absolute atomic E-state index is 11.7. The molecule has 0 unspecified atom stereocenters. The van der Waals surface area contributed by atoms with E-state index in [9.17, 15) is 4.79 Å². The summed E-state index contributed by atoms with van der Waals surface area (Å²) in [5.74, 6) is -0.122. The van der Waals surface area contributed by atoms with E-state index < -0.39 is 0 Å². The SMILES string of the molecule is O=c1c(SCO)coc2ccccc12. The average Bonchev–Trinajstić information content (AvgIpc) is 2.23. The molecule has 14 heavy (non-hydrogen) atoms. The summed E-state index contributed by atoms with van der Waals surface area (Å²) in [5.41, 5.74) is 0.477. The number of para-hydroxylation sites is 1. The topological polar surface area (TPSA) is 50.4 Å². The van der Waals surface area contributed by atoms with Gasteiger partial charge >= 0.3 is 0 Å². The molecule has 0 atom stereocenters. The Morgan fingerprint density at radius 3 is 2.93 bits per heavy atom. The molecule has 1 heterocycles. The Morgan fingerprint density at radius 1 is 1.36 bits per heavy atom. The highest BCUT2D eigenvalue weighted by atomic mass is 32.2. The number of aliphatic hydroxyl groups excluding tert-OH is 1. The minimum Gasteiger partial charge on any atom is -0.463 e. The summed E-state index contributed by atoms with van der Waals surface area (Å²) in [6.07, 6.45) is 1.38. The van der Waals surface area contributed by atoms with Crippen molar-refractivity contribution >= 4 is 22.7 Å². The van der Waals surface area contributed by atoms with Crippen molar-refractivity contribution in [3.8, 4) is 0 Å². The van der Waals surface area contributed by atoms with Gasteiger partial charge in [0.15, 0.2) is 0 Å². The van der Waals surface area contributed by atoms with E-state index >= 15 is 0 Å². The third kappa shape index (κ3) is 1.54. The van der Waals surface area contributed by atoms with Crippen LogP contribution in [0.4, 0.5) is 0 Å². The number of thioether (sulfide) groups is 1. The van der Waals surface area contributed by atoms with Crippen LogP contribution in [-0.2, 0) is 0 Å². The molecular formula is C10H8O3S. The molecule has 2 aromatic rings. The van der Waals surface area contributed by atoms with Crippen LogP contribution in [0.15, 0.2) is 44.6 Å². The van der Waals surface area contributed by atoms with Crippen molar-refractivity contribution in [2.75, 3.05) is 5.94 Å². The quantitative estimate of drug-likeness (QED) is 0.604. The molecule has 1 aromatic carbocycles. The van der Waals surface area contributed by atoms with E-state index in [0.717, 1.165) is 11.8 Å². The zero-order valence-corrected chi connectivity index (χ0v) is 8.08. The van der Waals surface area contributed by atoms with Gasteiger partial charge in [0.05, 0.1) is 16.2 Å². The van der Waals surface area contributed by atoms with Gasteiger partial charge in [0.2, 0.25) is 5.43 Å². The first-order valence-electron chi connectivity index (χ1n) is 4.07. The lowest BCUT2D eigenvalue weighted by molar-refractivity contribution is 0.375. The van der Waals surface area contributed by atoms with Crippen LogP contribution in [0.2, 0.25) is 0 Å². The number of hydrogen-bond acceptors (Lipinski definition) is 4. The van der Waals surface area contributed by atoms with Gasteiger partial charge in [-0.15, -0.1) is 0 Å². The largest absolute Gasteiger partial charge is 0.463 e. The van der Waals surface area contributed by atoms with Gasteiger partial charge in [-0.1, -0.05) is 23.9 Å². The van der Waals surface area contributed by atoms with Crippen LogP contribution in [0.5, 0.6) is 0 Å². The van der Waals surface area contributed by atoms with Crippen LogP contribution in [0.3, 0.4) is 0 Å². The van der Waals surface area contributed by atoms with E-state index in [1.807, 2.05) is 6.07 Å². The summed E-state index contributed by atoms with van der Waals surface area (Å²) in [7, 11) is 0. The Hall–Kier alpha value is -1.26. The summed E-state index contributed by atoms with van der Waals surface area (Å²) in [6, 6.07) is 7.05. The van der Waals surface area contributed by atoms with Crippen LogP contribution in [-0.4, -0.2) is 11.0 Å². The summed E-state index contributed by atoms with van der Waals surface area (Å²) >= 11 is 1.07. The number of rotatable bonds is 2. The molecule has 3 nitrogen and oxygen atoms in total. The fourth-order valence-corrected chi connectivity index (χ4v) is 1.73. The van der Waals surface area contributed by atoms with Gasteiger partial charge in [-0.25, -0.2) is 0 Å². The van der Waals surface area contributed by atoms with Gasteiger partial charge < -0.3 is 9.52 Å². The molecular weight excluding hydrogens is 200 g/mol. The van der Waals surface area contributed by atoms with E-state index in [1.54, 1.807) is 18.2 Å². The van der Waals surface area contributed by atoms with E-state index in [-0.39, 0.29) is 11.4 Å². The second kappa shape index (κ2) is 3.86. The molecule has 0 bridgehead atoms. The fraction of sp³-hybridized carbons (Fsp3) is 0.100. The average molecular weight is 208 g/mol. The maximum Gasteiger partial charge on any atom is 0.206 e. The number of fused-ring (bicyclic) bond motifs is 1. The third-order valence-electron chi connectivity index (χ3n) is 1.87. The molecule has 0 spiro atoms. The molecule has 0 amide bonds. The molecule has 0 aliphatic heterocycles. The van der Waals surface area contributed by atoms with Crippen molar-refractivity contribution in [2.24, 2.45) is 0 Å². The van der Waals surface area contributed by atoms with Crippen LogP contribution >= 0.6 is 11.8 Å². The molecule has 0 saturated heterocycles. The zero-order valence-electron chi connectivity index (χ0n) is 7.27. The third-order valence-corrected chi connectivity index (χ3v) is 2.59. The van der Waals surface area contributed by atoms with E-state index in [4.69, 9.17) is 9.52 Å². The van der Waals surface area contributed by atoms with Crippen molar-refractivity contribution in [1.82, 2.24) is 0 Å². The zero-order chi connectivity index (χ0) is 9.97. The Morgan fingerprint density at radius 2 is 2.14 bits per heavy atom. The number of aliphatic hydroxyl groups is 1. The first-order chi connectivity index (χ1) is 6.83. The second-order valence-corrected chi connectivity index (χ2v) is 3.69. The Kier molecular flexibility index (Phi) is 2.56. The second-order valence-electron chi connectivity index (χ2n) is 2.70. The molecule has 2 rings (SSSR count). The summed E-state index contributed by atoms with van der Waals surface area (Å²) < 4.78 is 5.24. The van der Waals surface area contributed by atoms with Gasteiger partial charge in [-0.05, 0) is 12.1 Å². The highest BCUT2D eigenvalue weighted by Gasteiger charge is 2.05. The highest BCUT2D eigenvalue weighted by Crippen LogP contribution is 2.17. The Labute approximate surface area is 84.4 Å². The van der Waals surface area contributed by atoms with Gasteiger partial charge in [0.1, 0.15) is 11.8 Å². The molecule has 0 saturated carbocycles. The van der Waals surface area contributed by atoms with Gasteiger partial charge in [0, 0.05) is 0 Å². The van der Waals surface area contributed by atoms with Gasteiger partial charge in [-0.2, -0.15) is 0 Å². The van der Waals surface area contributed by atoms with Crippen molar-refractivity contribution in [3.05, 3.63) is 40.8 Å². The smallest absolute Gasteiger partial charge is 0.206 e.